The minimum absolute atomic E-state index is 0.0312. The SMILES string of the molecule is O=C1OC(C2OC(O)(CO)[C@H](O)[C@H]2O)c2cc3c(cc21)OCO3. The standard InChI is InChI=1S/C14H14O9/c15-3-14(19)12(17)9(16)11(23-14)10-5-1-7-8(21-4-20-7)2-6(5)13(18)22-10/h1-2,9-12,15-17,19H,3-4H2/t9-,10?,11?,12+,14?/m0/s1. The van der Waals surface area contributed by atoms with Gasteiger partial charge in [0.1, 0.15) is 18.3 Å². The van der Waals surface area contributed by atoms with Crippen LogP contribution in [0.5, 0.6) is 11.5 Å². The van der Waals surface area contributed by atoms with Crippen LogP contribution in [-0.2, 0) is 9.47 Å². The predicted octanol–water partition coefficient (Wildman–Crippen LogP) is -1.57. The van der Waals surface area contributed by atoms with Crippen molar-refractivity contribution >= 4 is 5.97 Å². The molecule has 1 saturated heterocycles. The first kappa shape index (κ1) is 14.7. The van der Waals surface area contributed by atoms with E-state index in [4.69, 9.17) is 24.1 Å². The number of fused-ring (bicyclic) bond motifs is 2. The van der Waals surface area contributed by atoms with Crippen LogP contribution in [0.3, 0.4) is 0 Å². The molecule has 1 aromatic carbocycles. The van der Waals surface area contributed by atoms with Gasteiger partial charge in [-0.3, -0.25) is 0 Å². The normalized spacial score (nSPS) is 37.8. The summed E-state index contributed by atoms with van der Waals surface area (Å²) in [5, 5.41) is 39.1. The molecule has 23 heavy (non-hydrogen) atoms. The van der Waals surface area contributed by atoms with Crippen molar-refractivity contribution in [1.82, 2.24) is 0 Å². The van der Waals surface area contributed by atoms with Gasteiger partial charge >= 0.3 is 5.97 Å². The fraction of sp³-hybridized carbons (Fsp3) is 0.500. The molecule has 1 aromatic rings. The largest absolute Gasteiger partial charge is 0.454 e. The summed E-state index contributed by atoms with van der Waals surface area (Å²) < 4.78 is 20.8. The van der Waals surface area contributed by atoms with Crippen LogP contribution in [-0.4, -0.2) is 63.9 Å². The van der Waals surface area contributed by atoms with Crippen LogP contribution >= 0.6 is 0 Å². The lowest BCUT2D eigenvalue weighted by molar-refractivity contribution is -0.253. The maximum Gasteiger partial charge on any atom is 0.339 e. The topological polar surface area (TPSA) is 135 Å². The van der Waals surface area contributed by atoms with Crippen molar-refractivity contribution in [1.29, 1.82) is 0 Å². The Hall–Kier alpha value is -1.91. The zero-order valence-electron chi connectivity index (χ0n) is 11.7. The van der Waals surface area contributed by atoms with Crippen LogP contribution in [0.25, 0.3) is 0 Å². The number of esters is 1. The second kappa shape index (κ2) is 4.79. The molecule has 1 fully saturated rings. The van der Waals surface area contributed by atoms with E-state index in [1.165, 1.54) is 12.1 Å². The van der Waals surface area contributed by atoms with Gasteiger partial charge in [0.25, 0.3) is 0 Å². The molecule has 0 bridgehead atoms. The Morgan fingerprint density at radius 2 is 1.91 bits per heavy atom. The van der Waals surface area contributed by atoms with Crippen molar-refractivity contribution in [3.8, 4) is 11.5 Å². The molecule has 0 aromatic heterocycles. The highest BCUT2D eigenvalue weighted by Gasteiger charge is 2.58. The van der Waals surface area contributed by atoms with Gasteiger partial charge in [0, 0.05) is 5.56 Å². The first-order chi connectivity index (χ1) is 10.9. The molecule has 5 atom stereocenters. The first-order valence-corrected chi connectivity index (χ1v) is 6.96. The van der Waals surface area contributed by atoms with Crippen molar-refractivity contribution in [3.63, 3.8) is 0 Å². The Balaban J connectivity index is 1.72. The number of cyclic esters (lactones) is 1. The Morgan fingerprint density at radius 1 is 1.22 bits per heavy atom. The van der Waals surface area contributed by atoms with E-state index in [1.54, 1.807) is 0 Å². The van der Waals surface area contributed by atoms with Crippen LogP contribution < -0.4 is 9.47 Å². The molecule has 4 N–H and O–H groups in total. The van der Waals surface area contributed by atoms with Gasteiger partial charge in [-0.15, -0.1) is 0 Å². The lowest BCUT2D eigenvalue weighted by Gasteiger charge is -2.24. The lowest BCUT2D eigenvalue weighted by Crippen LogP contribution is -2.46. The molecule has 124 valence electrons. The molecule has 3 heterocycles. The Bertz CT molecular complexity index is 674. The highest BCUT2D eigenvalue weighted by Crippen LogP contribution is 2.46. The quantitative estimate of drug-likeness (QED) is 0.475. The second-order valence-corrected chi connectivity index (χ2v) is 5.64. The maximum absolute atomic E-state index is 12.0. The molecule has 0 radical (unpaired) electrons. The van der Waals surface area contributed by atoms with Crippen molar-refractivity contribution in [2.75, 3.05) is 13.4 Å². The van der Waals surface area contributed by atoms with E-state index in [9.17, 15) is 20.1 Å². The summed E-state index contributed by atoms with van der Waals surface area (Å²) in [6, 6.07) is 3.00. The van der Waals surface area contributed by atoms with E-state index in [0.717, 1.165) is 0 Å². The smallest absolute Gasteiger partial charge is 0.339 e. The van der Waals surface area contributed by atoms with Crippen LogP contribution in [0.2, 0.25) is 0 Å². The molecule has 9 nitrogen and oxygen atoms in total. The summed E-state index contributed by atoms with van der Waals surface area (Å²) in [6.07, 6.45) is -5.60. The third kappa shape index (κ3) is 1.95. The van der Waals surface area contributed by atoms with Crippen molar-refractivity contribution in [2.24, 2.45) is 0 Å². The number of ether oxygens (including phenoxy) is 4. The zero-order valence-corrected chi connectivity index (χ0v) is 11.7. The van der Waals surface area contributed by atoms with Gasteiger partial charge in [0.2, 0.25) is 12.6 Å². The number of carbonyl (C=O) groups excluding carboxylic acids is 1. The molecule has 0 saturated carbocycles. The maximum atomic E-state index is 12.0. The van der Waals surface area contributed by atoms with Gasteiger partial charge in [0.05, 0.1) is 12.2 Å². The third-order valence-corrected chi connectivity index (χ3v) is 4.29. The van der Waals surface area contributed by atoms with Crippen LogP contribution in [0, 0.1) is 0 Å². The van der Waals surface area contributed by atoms with Gasteiger partial charge in [0.15, 0.2) is 17.6 Å². The highest BCUT2D eigenvalue weighted by molar-refractivity contribution is 5.95. The molecule has 0 amide bonds. The van der Waals surface area contributed by atoms with Crippen LogP contribution in [0.1, 0.15) is 22.0 Å². The minimum atomic E-state index is -2.32. The summed E-state index contributed by atoms with van der Waals surface area (Å²) in [5.41, 5.74) is 0.613. The first-order valence-electron chi connectivity index (χ1n) is 6.96. The van der Waals surface area contributed by atoms with Gasteiger partial charge in [-0.25, -0.2) is 4.79 Å². The summed E-state index contributed by atoms with van der Waals surface area (Å²) in [5.74, 6) is -2.15. The Labute approximate surface area is 129 Å². The molecule has 3 unspecified atom stereocenters. The molecule has 9 heteroatoms. The van der Waals surface area contributed by atoms with E-state index in [-0.39, 0.29) is 12.4 Å². The molecule has 4 rings (SSSR count). The summed E-state index contributed by atoms with van der Waals surface area (Å²) >= 11 is 0. The van der Waals surface area contributed by atoms with Gasteiger partial charge in [-0.05, 0) is 12.1 Å². The summed E-state index contributed by atoms with van der Waals surface area (Å²) in [7, 11) is 0. The van der Waals surface area contributed by atoms with E-state index < -0.39 is 42.8 Å². The molecular weight excluding hydrogens is 312 g/mol. The lowest BCUT2D eigenvalue weighted by atomic mass is 9.96. The number of aliphatic hydroxyl groups excluding tert-OH is 3. The molecular formula is C14H14O9. The predicted molar refractivity (Wildman–Crippen MR) is 69.6 cm³/mol. The van der Waals surface area contributed by atoms with Crippen molar-refractivity contribution in [3.05, 3.63) is 23.3 Å². The molecule has 0 aliphatic carbocycles. The molecule has 0 spiro atoms. The summed E-state index contributed by atoms with van der Waals surface area (Å²) in [4.78, 5) is 12.0. The number of rotatable bonds is 2. The number of hydrogen-bond donors (Lipinski definition) is 4. The third-order valence-electron chi connectivity index (χ3n) is 4.29. The highest BCUT2D eigenvalue weighted by atomic mass is 16.7. The average molecular weight is 326 g/mol. The molecule has 3 aliphatic rings. The van der Waals surface area contributed by atoms with Crippen LogP contribution in [0.15, 0.2) is 12.1 Å². The summed E-state index contributed by atoms with van der Waals surface area (Å²) in [6.45, 7) is -0.889. The monoisotopic (exact) mass is 326 g/mol. The Morgan fingerprint density at radius 3 is 2.57 bits per heavy atom. The van der Waals surface area contributed by atoms with E-state index in [1.807, 2.05) is 0 Å². The second-order valence-electron chi connectivity index (χ2n) is 5.64. The van der Waals surface area contributed by atoms with Crippen molar-refractivity contribution < 1.29 is 44.2 Å². The number of aliphatic hydroxyl groups is 4. The van der Waals surface area contributed by atoms with E-state index in [0.29, 0.717) is 17.1 Å². The number of carbonyl (C=O) groups is 1. The van der Waals surface area contributed by atoms with E-state index in [2.05, 4.69) is 0 Å². The number of benzene rings is 1. The van der Waals surface area contributed by atoms with Gasteiger partial charge in [-0.1, -0.05) is 0 Å². The van der Waals surface area contributed by atoms with Gasteiger partial charge in [-0.2, -0.15) is 0 Å². The fourth-order valence-corrected chi connectivity index (χ4v) is 3.05. The zero-order chi connectivity index (χ0) is 16.4. The Kier molecular flexibility index (Phi) is 3.06. The van der Waals surface area contributed by atoms with Crippen molar-refractivity contribution in [2.45, 2.75) is 30.2 Å². The van der Waals surface area contributed by atoms with E-state index >= 15 is 0 Å². The fourth-order valence-electron chi connectivity index (χ4n) is 3.05. The van der Waals surface area contributed by atoms with Gasteiger partial charge < -0.3 is 39.4 Å². The molecule has 3 aliphatic heterocycles. The number of hydrogen-bond acceptors (Lipinski definition) is 9. The minimum Gasteiger partial charge on any atom is -0.454 e. The average Bonchev–Trinajstić information content (AvgIpc) is 3.19. The van der Waals surface area contributed by atoms with Crippen LogP contribution in [0.4, 0.5) is 0 Å².